The number of anilines is 3. The van der Waals surface area contributed by atoms with Crippen molar-refractivity contribution in [1.82, 2.24) is 0 Å². The lowest BCUT2D eigenvalue weighted by Crippen LogP contribution is -2.74. The fourth-order valence-corrected chi connectivity index (χ4v) is 15.1. The van der Waals surface area contributed by atoms with Crippen LogP contribution in [0, 0.1) is 0 Å². The minimum Gasteiger partial charge on any atom is -0.310 e. The SMILES string of the molecule is CC1(C)c2ccc(-c3ccccc3)cc2-c2ccc(N(c3ccc(-c4ccccc4)cc3)c3ccc(-c4ccc([Si](c5ccccc5)(c5ccccc5)c5ccccc5)cc4)cc3)cc21. The lowest BCUT2D eigenvalue weighted by Gasteiger charge is -2.34. The Morgan fingerprint density at radius 1 is 0.277 bits per heavy atom. The van der Waals surface area contributed by atoms with Crippen LogP contribution in [0.4, 0.5) is 17.1 Å². The number of nitrogens with zero attached hydrogens (tertiary/aromatic N) is 1. The Bertz CT molecular complexity index is 3120. The van der Waals surface area contributed by atoms with Crippen LogP contribution < -0.4 is 25.6 Å². The Morgan fingerprint density at radius 3 is 1.09 bits per heavy atom. The van der Waals surface area contributed by atoms with Gasteiger partial charge < -0.3 is 4.90 Å². The van der Waals surface area contributed by atoms with Gasteiger partial charge in [-0.3, -0.25) is 0 Å². The molecule has 2 heteroatoms. The van der Waals surface area contributed by atoms with Crippen LogP contribution in [0.5, 0.6) is 0 Å². The highest BCUT2D eigenvalue weighted by molar-refractivity contribution is 7.19. The normalized spacial score (nSPS) is 12.6. The smallest absolute Gasteiger partial charge is 0.179 e. The van der Waals surface area contributed by atoms with Gasteiger partial charge in [0.25, 0.3) is 0 Å². The Morgan fingerprint density at radius 2 is 0.631 bits per heavy atom. The molecule has 1 aliphatic rings. The van der Waals surface area contributed by atoms with E-state index in [2.05, 4.69) is 280 Å². The van der Waals surface area contributed by atoms with Crippen LogP contribution in [0.2, 0.25) is 0 Å². The van der Waals surface area contributed by atoms with Gasteiger partial charge in [0.2, 0.25) is 0 Å². The molecule has 1 nitrogen and oxygen atoms in total. The van der Waals surface area contributed by atoms with Crippen LogP contribution >= 0.6 is 0 Å². The molecule has 0 atom stereocenters. The molecule has 0 aliphatic heterocycles. The Kier molecular flexibility index (Phi) is 10.3. The third kappa shape index (κ3) is 7.13. The highest BCUT2D eigenvalue weighted by Crippen LogP contribution is 2.51. The maximum absolute atomic E-state index is 2.61. The molecular weight excluding hydrogens is 799 g/mol. The lowest BCUT2D eigenvalue weighted by atomic mass is 9.82. The van der Waals surface area contributed by atoms with Gasteiger partial charge in [0.05, 0.1) is 0 Å². The highest BCUT2D eigenvalue weighted by Gasteiger charge is 2.41. The number of hydrogen-bond donors (Lipinski definition) is 0. The highest BCUT2D eigenvalue weighted by atomic mass is 28.3. The van der Waals surface area contributed by atoms with E-state index in [4.69, 9.17) is 0 Å². The van der Waals surface area contributed by atoms with Crippen LogP contribution in [0.1, 0.15) is 25.0 Å². The fraction of sp³-hybridized carbons (Fsp3) is 0.0476. The van der Waals surface area contributed by atoms with Crippen LogP contribution in [-0.4, -0.2) is 8.07 Å². The van der Waals surface area contributed by atoms with Crippen molar-refractivity contribution >= 4 is 45.9 Å². The van der Waals surface area contributed by atoms with E-state index in [9.17, 15) is 0 Å². The molecule has 0 unspecified atom stereocenters. The molecule has 310 valence electrons. The van der Waals surface area contributed by atoms with Gasteiger partial charge in [0.15, 0.2) is 8.07 Å². The van der Waals surface area contributed by atoms with E-state index in [1.807, 2.05) is 0 Å². The summed E-state index contributed by atoms with van der Waals surface area (Å²) in [5.74, 6) is 0. The van der Waals surface area contributed by atoms with Gasteiger partial charge in [-0.1, -0.05) is 232 Å². The van der Waals surface area contributed by atoms with Gasteiger partial charge in [0.1, 0.15) is 0 Å². The van der Waals surface area contributed by atoms with Crippen molar-refractivity contribution in [3.8, 4) is 44.5 Å². The Hall–Kier alpha value is -7.78. The van der Waals surface area contributed by atoms with Gasteiger partial charge in [-0.05, 0) is 119 Å². The third-order valence-electron chi connectivity index (χ3n) is 13.7. The number of rotatable bonds is 10. The molecule has 1 aliphatic carbocycles. The van der Waals surface area contributed by atoms with E-state index in [0.717, 1.165) is 17.1 Å². The fourth-order valence-electron chi connectivity index (χ4n) is 10.4. The first-order valence-corrected chi connectivity index (χ1v) is 24.7. The van der Waals surface area contributed by atoms with Gasteiger partial charge in [0, 0.05) is 22.5 Å². The second-order valence-corrected chi connectivity index (χ2v) is 21.5. The summed E-state index contributed by atoms with van der Waals surface area (Å²) >= 11 is 0. The molecule has 0 bridgehead atoms. The van der Waals surface area contributed by atoms with E-state index in [0.29, 0.717) is 0 Å². The molecule has 0 N–H and O–H groups in total. The van der Waals surface area contributed by atoms with Crippen molar-refractivity contribution in [2.75, 3.05) is 4.90 Å². The van der Waals surface area contributed by atoms with E-state index in [-0.39, 0.29) is 5.41 Å². The maximum atomic E-state index is 2.43. The topological polar surface area (TPSA) is 3.24 Å². The lowest BCUT2D eigenvalue weighted by molar-refractivity contribution is 0.660. The summed E-state index contributed by atoms with van der Waals surface area (Å²) in [6.07, 6.45) is 0. The Balaban J connectivity index is 0.980. The Labute approximate surface area is 384 Å². The first-order chi connectivity index (χ1) is 32.0. The molecule has 0 heterocycles. The van der Waals surface area contributed by atoms with Crippen molar-refractivity contribution in [3.05, 3.63) is 272 Å². The summed E-state index contributed by atoms with van der Waals surface area (Å²) in [7, 11) is -2.61. The summed E-state index contributed by atoms with van der Waals surface area (Å²) in [6, 6.07) is 96.4. The molecule has 10 aromatic rings. The number of fused-ring (bicyclic) bond motifs is 3. The predicted molar refractivity (Wildman–Crippen MR) is 279 cm³/mol. The number of benzene rings is 10. The van der Waals surface area contributed by atoms with E-state index in [1.165, 1.54) is 76.4 Å². The molecule has 0 saturated carbocycles. The number of hydrogen-bond acceptors (Lipinski definition) is 1. The quantitative estimate of drug-likeness (QED) is 0.0979. The van der Waals surface area contributed by atoms with Crippen LogP contribution in [0.15, 0.2) is 261 Å². The van der Waals surface area contributed by atoms with Crippen molar-refractivity contribution in [2.45, 2.75) is 19.3 Å². The van der Waals surface area contributed by atoms with Crippen molar-refractivity contribution in [3.63, 3.8) is 0 Å². The van der Waals surface area contributed by atoms with Crippen LogP contribution in [0.25, 0.3) is 44.5 Å². The predicted octanol–water partition coefficient (Wildman–Crippen LogP) is 13.8. The van der Waals surface area contributed by atoms with Gasteiger partial charge >= 0.3 is 0 Å². The molecule has 0 fully saturated rings. The molecule has 0 saturated heterocycles. The first-order valence-electron chi connectivity index (χ1n) is 22.7. The van der Waals surface area contributed by atoms with Crippen LogP contribution in [-0.2, 0) is 5.41 Å². The molecule has 0 spiro atoms. The molecular formula is C63H49NSi. The second kappa shape index (κ2) is 16.7. The van der Waals surface area contributed by atoms with E-state index < -0.39 is 8.07 Å². The minimum absolute atomic E-state index is 0.156. The van der Waals surface area contributed by atoms with Gasteiger partial charge in [-0.15, -0.1) is 0 Å². The molecule has 0 amide bonds. The summed E-state index contributed by atoms with van der Waals surface area (Å²) < 4.78 is 0. The standard InChI is InChI=1S/C63H49NSi/c1-63(2)61-43-34-51(47-20-10-4-11-21-47)44-60(61)59-42-39-54(45-62(59)63)64(52-35-28-48(29-36-52)46-18-8-3-9-19-46)53-37-30-49(31-38-53)50-32-40-58(41-33-50)65(55-22-12-5-13-23-55,56-24-14-6-15-25-56)57-26-16-7-17-27-57/h3-45H,1-2H3. The van der Waals surface area contributed by atoms with Crippen molar-refractivity contribution in [1.29, 1.82) is 0 Å². The second-order valence-electron chi connectivity index (χ2n) is 17.7. The zero-order valence-electron chi connectivity index (χ0n) is 36.8. The molecule has 0 radical (unpaired) electrons. The van der Waals surface area contributed by atoms with E-state index in [1.54, 1.807) is 0 Å². The summed E-state index contributed by atoms with van der Waals surface area (Å²) in [5, 5.41) is 5.50. The van der Waals surface area contributed by atoms with Gasteiger partial charge in [-0.2, -0.15) is 0 Å². The molecule has 0 aromatic heterocycles. The summed E-state index contributed by atoms with van der Waals surface area (Å²) in [5.41, 5.74) is 15.8. The first kappa shape index (κ1) is 40.0. The minimum atomic E-state index is -2.61. The third-order valence-corrected chi connectivity index (χ3v) is 18.5. The largest absolute Gasteiger partial charge is 0.310 e. The zero-order chi connectivity index (χ0) is 43.8. The summed E-state index contributed by atoms with van der Waals surface area (Å²) in [6.45, 7) is 4.74. The summed E-state index contributed by atoms with van der Waals surface area (Å²) in [4.78, 5) is 2.41. The molecule has 11 rings (SSSR count). The van der Waals surface area contributed by atoms with Crippen molar-refractivity contribution < 1.29 is 0 Å². The van der Waals surface area contributed by atoms with Gasteiger partial charge in [-0.25, -0.2) is 0 Å². The molecule has 65 heavy (non-hydrogen) atoms. The maximum Gasteiger partial charge on any atom is 0.179 e. The zero-order valence-corrected chi connectivity index (χ0v) is 37.8. The monoisotopic (exact) mass is 847 g/mol. The van der Waals surface area contributed by atoms with E-state index >= 15 is 0 Å². The van der Waals surface area contributed by atoms with Crippen LogP contribution in [0.3, 0.4) is 0 Å². The van der Waals surface area contributed by atoms with Crippen molar-refractivity contribution in [2.24, 2.45) is 0 Å². The average molecular weight is 848 g/mol. The average Bonchev–Trinajstić information content (AvgIpc) is 3.61. The molecule has 10 aromatic carbocycles.